The average molecular weight is 270 g/mol. The lowest BCUT2D eigenvalue weighted by molar-refractivity contribution is -0.132. The molecule has 0 spiro atoms. The molecule has 0 aromatic carbocycles. The number of unbranched alkanes of at least 4 members (excludes halogenated alkanes) is 4. The van der Waals surface area contributed by atoms with E-state index in [4.69, 9.17) is 5.11 Å². The van der Waals surface area contributed by atoms with Gasteiger partial charge in [-0.2, -0.15) is 0 Å². The number of carbonyl (C=O) groups excluding carboxylic acids is 1. The molecule has 0 aromatic heterocycles. The van der Waals surface area contributed by atoms with Crippen molar-refractivity contribution in [1.29, 1.82) is 0 Å². The van der Waals surface area contributed by atoms with Gasteiger partial charge in [-0.3, -0.25) is 4.79 Å². The second-order valence-electron chi connectivity index (χ2n) is 6.41. The van der Waals surface area contributed by atoms with Crippen LogP contribution in [0.25, 0.3) is 0 Å². The van der Waals surface area contributed by atoms with Crippen LogP contribution < -0.4 is 0 Å². The van der Waals surface area contributed by atoms with Crippen molar-refractivity contribution in [3.8, 4) is 0 Å². The summed E-state index contributed by atoms with van der Waals surface area (Å²) in [6, 6.07) is 0. The third-order valence-corrected chi connectivity index (χ3v) is 4.07. The molecule has 2 nitrogen and oxygen atoms in total. The van der Waals surface area contributed by atoms with Crippen LogP contribution in [-0.2, 0) is 4.79 Å². The van der Waals surface area contributed by atoms with Crippen LogP contribution in [0.2, 0.25) is 0 Å². The van der Waals surface area contributed by atoms with Gasteiger partial charge in [0.1, 0.15) is 5.78 Å². The van der Waals surface area contributed by atoms with Crippen molar-refractivity contribution < 1.29 is 9.90 Å². The Hall–Kier alpha value is -0.370. The summed E-state index contributed by atoms with van der Waals surface area (Å²) in [5.74, 6) is 0.562. The van der Waals surface area contributed by atoms with Crippen LogP contribution in [0.1, 0.15) is 85.5 Å². The molecule has 0 saturated carbocycles. The van der Waals surface area contributed by atoms with Crippen molar-refractivity contribution in [3.05, 3.63) is 0 Å². The summed E-state index contributed by atoms with van der Waals surface area (Å²) in [5.41, 5.74) is -0.363. The number of ketones is 1. The molecule has 0 heterocycles. The van der Waals surface area contributed by atoms with Crippen LogP contribution in [0.3, 0.4) is 0 Å². The summed E-state index contributed by atoms with van der Waals surface area (Å²) >= 11 is 0. The van der Waals surface area contributed by atoms with E-state index >= 15 is 0 Å². The molecule has 0 amide bonds. The highest BCUT2D eigenvalue weighted by atomic mass is 16.3. The van der Waals surface area contributed by atoms with E-state index in [1.165, 1.54) is 32.1 Å². The van der Waals surface area contributed by atoms with Crippen LogP contribution in [0.5, 0.6) is 0 Å². The van der Waals surface area contributed by atoms with Gasteiger partial charge in [-0.05, 0) is 19.3 Å². The molecule has 0 fully saturated rings. The Morgan fingerprint density at radius 3 is 2.16 bits per heavy atom. The normalized spacial score (nSPS) is 13.5. The highest BCUT2D eigenvalue weighted by Gasteiger charge is 2.32. The van der Waals surface area contributed by atoms with Crippen LogP contribution in [-0.4, -0.2) is 17.5 Å². The fourth-order valence-electron chi connectivity index (χ4n) is 2.70. The minimum atomic E-state index is -0.363. The van der Waals surface area contributed by atoms with E-state index in [-0.39, 0.29) is 17.9 Å². The minimum absolute atomic E-state index is 0.105. The molecule has 0 aliphatic heterocycles. The van der Waals surface area contributed by atoms with E-state index in [1.54, 1.807) is 0 Å². The first kappa shape index (κ1) is 18.6. The van der Waals surface area contributed by atoms with Crippen molar-refractivity contribution in [2.75, 3.05) is 6.61 Å². The van der Waals surface area contributed by atoms with Gasteiger partial charge in [0.15, 0.2) is 0 Å². The predicted molar refractivity (Wildman–Crippen MR) is 82.3 cm³/mol. The Bertz CT molecular complexity index is 233. The van der Waals surface area contributed by atoms with E-state index < -0.39 is 0 Å². The average Bonchev–Trinajstić information content (AvgIpc) is 2.36. The van der Waals surface area contributed by atoms with Crippen molar-refractivity contribution in [1.82, 2.24) is 0 Å². The van der Waals surface area contributed by atoms with Crippen molar-refractivity contribution >= 4 is 5.78 Å². The Labute approximate surface area is 120 Å². The van der Waals surface area contributed by atoms with Crippen LogP contribution in [0.4, 0.5) is 0 Å². The Morgan fingerprint density at radius 1 is 1.00 bits per heavy atom. The van der Waals surface area contributed by atoms with Crippen molar-refractivity contribution in [2.45, 2.75) is 85.5 Å². The molecule has 1 unspecified atom stereocenters. The molecule has 0 rings (SSSR count). The summed E-state index contributed by atoms with van der Waals surface area (Å²) in [7, 11) is 0. The van der Waals surface area contributed by atoms with E-state index in [9.17, 15) is 4.79 Å². The summed E-state index contributed by atoms with van der Waals surface area (Å²) < 4.78 is 0. The zero-order chi connectivity index (χ0) is 14.7. The van der Waals surface area contributed by atoms with E-state index in [0.29, 0.717) is 12.2 Å². The Balaban J connectivity index is 4.26. The molecule has 1 atom stereocenters. The van der Waals surface area contributed by atoms with Gasteiger partial charge in [0, 0.05) is 17.9 Å². The quantitative estimate of drug-likeness (QED) is 0.520. The molecule has 114 valence electrons. The fraction of sp³-hybridized carbons (Fsp3) is 0.941. The number of aliphatic hydroxyl groups excluding tert-OH is 1. The second kappa shape index (κ2) is 10.4. The van der Waals surface area contributed by atoms with E-state index in [0.717, 1.165) is 19.3 Å². The van der Waals surface area contributed by atoms with Gasteiger partial charge in [0.25, 0.3) is 0 Å². The van der Waals surface area contributed by atoms with Gasteiger partial charge < -0.3 is 5.11 Å². The maximum Gasteiger partial charge on any atom is 0.141 e. The van der Waals surface area contributed by atoms with Gasteiger partial charge >= 0.3 is 0 Å². The predicted octanol–water partition coefficient (Wildman–Crippen LogP) is 4.74. The van der Waals surface area contributed by atoms with Gasteiger partial charge in [-0.15, -0.1) is 0 Å². The summed E-state index contributed by atoms with van der Waals surface area (Å²) in [6.07, 6.45) is 9.98. The molecular weight excluding hydrogens is 236 g/mol. The molecule has 0 radical (unpaired) electrons. The summed E-state index contributed by atoms with van der Waals surface area (Å²) in [4.78, 5) is 12.6. The van der Waals surface area contributed by atoms with Gasteiger partial charge in [0.05, 0.1) is 0 Å². The van der Waals surface area contributed by atoms with Gasteiger partial charge in [-0.25, -0.2) is 0 Å². The first-order chi connectivity index (χ1) is 8.99. The van der Waals surface area contributed by atoms with Gasteiger partial charge in [0.2, 0.25) is 0 Å². The molecule has 1 N–H and O–H groups in total. The monoisotopic (exact) mass is 270 g/mol. The van der Waals surface area contributed by atoms with Crippen LogP contribution in [0, 0.1) is 11.3 Å². The zero-order valence-electron chi connectivity index (χ0n) is 13.5. The molecule has 2 heteroatoms. The third-order valence-electron chi connectivity index (χ3n) is 4.07. The standard InChI is InChI=1S/C17H34O2/c1-5-7-8-9-10-12-15(11-6-2)16(19)17(3,4)13-14-18/h15,18H,5-14H2,1-4H3. The second-order valence-corrected chi connectivity index (χ2v) is 6.41. The van der Waals surface area contributed by atoms with E-state index in [1.807, 2.05) is 13.8 Å². The first-order valence-corrected chi connectivity index (χ1v) is 8.14. The van der Waals surface area contributed by atoms with Gasteiger partial charge in [-0.1, -0.05) is 66.2 Å². The number of Topliss-reactive ketones (excluding diaryl/α,β-unsaturated/α-hetero) is 1. The van der Waals surface area contributed by atoms with Crippen LogP contribution >= 0.6 is 0 Å². The molecule has 19 heavy (non-hydrogen) atoms. The largest absolute Gasteiger partial charge is 0.396 e. The molecule has 0 bridgehead atoms. The highest BCUT2D eigenvalue weighted by molar-refractivity contribution is 5.86. The fourth-order valence-corrected chi connectivity index (χ4v) is 2.70. The highest BCUT2D eigenvalue weighted by Crippen LogP contribution is 2.30. The van der Waals surface area contributed by atoms with Crippen molar-refractivity contribution in [3.63, 3.8) is 0 Å². The number of carbonyl (C=O) groups is 1. The number of hydrogen-bond acceptors (Lipinski definition) is 2. The Kier molecular flexibility index (Phi) is 10.2. The first-order valence-electron chi connectivity index (χ1n) is 8.14. The maximum absolute atomic E-state index is 12.6. The third kappa shape index (κ3) is 7.71. The smallest absolute Gasteiger partial charge is 0.141 e. The summed E-state index contributed by atoms with van der Waals surface area (Å²) in [6.45, 7) is 8.43. The lowest BCUT2D eigenvalue weighted by atomic mass is 9.76. The molecular formula is C17H34O2. The summed E-state index contributed by atoms with van der Waals surface area (Å²) in [5, 5.41) is 9.08. The van der Waals surface area contributed by atoms with Crippen LogP contribution in [0.15, 0.2) is 0 Å². The lowest BCUT2D eigenvalue weighted by Crippen LogP contribution is -2.32. The lowest BCUT2D eigenvalue weighted by Gasteiger charge is -2.27. The van der Waals surface area contributed by atoms with Crippen molar-refractivity contribution in [2.24, 2.45) is 11.3 Å². The zero-order valence-corrected chi connectivity index (χ0v) is 13.5. The molecule has 0 aromatic rings. The number of hydrogen-bond donors (Lipinski definition) is 1. The number of rotatable bonds is 12. The molecule has 0 saturated heterocycles. The molecule has 0 aliphatic rings. The number of aliphatic hydroxyl groups is 1. The topological polar surface area (TPSA) is 37.3 Å². The SMILES string of the molecule is CCCCCCCC(CCC)C(=O)C(C)(C)CCO. The Morgan fingerprint density at radius 2 is 1.63 bits per heavy atom. The minimum Gasteiger partial charge on any atom is -0.396 e. The van der Waals surface area contributed by atoms with E-state index in [2.05, 4.69) is 13.8 Å². The maximum atomic E-state index is 12.6. The molecule has 0 aliphatic carbocycles.